The number of hydrogen-bond acceptors (Lipinski definition) is 6. The van der Waals surface area contributed by atoms with Gasteiger partial charge in [0.2, 0.25) is 11.8 Å². The Bertz CT molecular complexity index is 1370. The molecule has 0 saturated carbocycles. The minimum Gasteiger partial charge on any atom is -0.475 e. The molecular formula is C27H29ClF7N5O6. The van der Waals surface area contributed by atoms with E-state index in [0.29, 0.717) is 31.5 Å². The zero-order valence-corrected chi connectivity index (χ0v) is 24.5. The molecule has 3 rings (SSSR count). The minimum atomic E-state index is -5.08. The van der Waals surface area contributed by atoms with Crippen LogP contribution in [0.5, 0.6) is 0 Å². The van der Waals surface area contributed by atoms with E-state index in [1.165, 1.54) is 6.07 Å². The number of nitrogens with two attached hydrogens (primary N) is 1. The van der Waals surface area contributed by atoms with E-state index in [1.807, 2.05) is 0 Å². The maximum Gasteiger partial charge on any atom is 0.490 e. The van der Waals surface area contributed by atoms with Crippen LogP contribution >= 0.6 is 11.6 Å². The lowest BCUT2D eigenvalue weighted by molar-refractivity contribution is -0.193. The van der Waals surface area contributed by atoms with Crippen LogP contribution in [0.3, 0.4) is 0 Å². The predicted octanol–water partition coefficient (Wildman–Crippen LogP) is 3.37. The molecule has 1 aliphatic rings. The number of carboxylic acids is 2. The van der Waals surface area contributed by atoms with Crippen LogP contribution < -0.4 is 21.7 Å². The summed E-state index contributed by atoms with van der Waals surface area (Å²) in [7, 11) is 0. The summed E-state index contributed by atoms with van der Waals surface area (Å²) in [6.45, 7) is 2.60. The Morgan fingerprint density at radius 2 is 1.50 bits per heavy atom. The van der Waals surface area contributed by atoms with Crippen LogP contribution in [-0.4, -0.2) is 70.8 Å². The first-order valence-corrected chi connectivity index (χ1v) is 13.3. The van der Waals surface area contributed by atoms with Gasteiger partial charge in [-0.1, -0.05) is 41.9 Å². The lowest BCUT2D eigenvalue weighted by Crippen LogP contribution is -2.49. The van der Waals surface area contributed by atoms with Crippen molar-refractivity contribution in [3.63, 3.8) is 0 Å². The second kappa shape index (κ2) is 17.3. The minimum absolute atomic E-state index is 0.0128. The van der Waals surface area contributed by atoms with Gasteiger partial charge in [-0.3, -0.25) is 15.0 Å². The number of nitrogens with one attached hydrogen (secondary N) is 4. The number of amides is 2. The number of rotatable bonds is 8. The molecular weight excluding hydrogens is 659 g/mol. The summed E-state index contributed by atoms with van der Waals surface area (Å²) >= 11 is 5.84. The molecule has 1 saturated heterocycles. The Balaban J connectivity index is 0.000000629. The molecule has 0 aromatic heterocycles. The Kier molecular flexibility index (Phi) is 14.9. The lowest BCUT2D eigenvalue weighted by Gasteiger charge is -2.17. The van der Waals surface area contributed by atoms with E-state index in [4.69, 9.17) is 42.5 Å². The molecule has 0 unspecified atom stereocenters. The highest BCUT2D eigenvalue weighted by atomic mass is 35.5. The summed E-state index contributed by atoms with van der Waals surface area (Å²) in [6.07, 6.45) is -8.85. The topological polar surface area (TPSA) is 195 Å². The summed E-state index contributed by atoms with van der Waals surface area (Å²) in [6, 6.07) is 10.6. The third-order valence-electron chi connectivity index (χ3n) is 6.02. The molecule has 0 radical (unpaired) electrons. The van der Waals surface area contributed by atoms with Gasteiger partial charge in [-0.25, -0.2) is 14.0 Å². The fourth-order valence-corrected chi connectivity index (χ4v) is 3.89. The van der Waals surface area contributed by atoms with Crippen molar-refractivity contribution in [3.05, 3.63) is 70.0 Å². The number of halogens is 8. The third kappa shape index (κ3) is 14.1. The van der Waals surface area contributed by atoms with E-state index in [0.717, 1.165) is 11.1 Å². The lowest BCUT2D eigenvalue weighted by atomic mass is 9.96. The van der Waals surface area contributed by atoms with Gasteiger partial charge < -0.3 is 31.9 Å². The molecule has 0 bridgehead atoms. The molecule has 1 heterocycles. The summed E-state index contributed by atoms with van der Waals surface area (Å²) in [5, 5.41) is 30.5. The van der Waals surface area contributed by atoms with Crippen molar-refractivity contribution in [1.82, 2.24) is 16.0 Å². The first-order chi connectivity index (χ1) is 21.1. The van der Waals surface area contributed by atoms with E-state index in [2.05, 4.69) is 16.0 Å². The normalized spacial score (nSPS) is 16.5. The number of nitrogen functional groups attached to an aromatic ring is 1. The maximum absolute atomic E-state index is 13.3. The summed E-state index contributed by atoms with van der Waals surface area (Å²) in [5.41, 5.74) is 7.84. The zero-order chi connectivity index (χ0) is 35.4. The average Bonchev–Trinajstić information content (AvgIpc) is 3.42. The first kappa shape index (κ1) is 39.6. The molecule has 254 valence electrons. The van der Waals surface area contributed by atoms with E-state index >= 15 is 0 Å². The number of amidine groups is 1. The fraction of sp³-hybridized carbons (Fsp3) is 0.370. The Hall–Kier alpha value is -4.45. The highest BCUT2D eigenvalue weighted by molar-refractivity contribution is 6.30. The standard InChI is InChI=1S/C23H27ClFN5O2.2C2HF3O2/c1-13(22(31)29-11-14-2-5-17(6-3-14)21(26)27)30-23(32)20-10-16(12-28-20)8-15-4-7-19(25)18(24)9-15;2*3-2(4,5)1(6)7/h2-7,9,13,16,20,28H,8,10-12H2,1H3,(H3,26,27)(H,29,31)(H,30,32);2*(H,6,7)/t13-,16-,20+;;/m0../s1. The zero-order valence-electron chi connectivity index (χ0n) is 23.7. The second-order valence-electron chi connectivity index (χ2n) is 9.68. The number of alkyl halides is 6. The van der Waals surface area contributed by atoms with Crippen LogP contribution in [-0.2, 0) is 32.1 Å². The maximum atomic E-state index is 13.3. The Morgan fingerprint density at radius 3 is 1.96 bits per heavy atom. The van der Waals surface area contributed by atoms with Crippen molar-refractivity contribution in [2.45, 2.75) is 50.7 Å². The summed E-state index contributed by atoms with van der Waals surface area (Å²) in [5.74, 6) is -6.27. The van der Waals surface area contributed by atoms with Crippen LogP contribution in [0.4, 0.5) is 30.7 Å². The van der Waals surface area contributed by atoms with Gasteiger partial charge in [0.05, 0.1) is 11.1 Å². The molecule has 2 amide bonds. The Labute approximate surface area is 261 Å². The van der Waals surface area contributed by atoms with Gasteiger partial charge in [-0.05, 0) is 55.5 Å². The summed E-state index contributed by atoms with van der Waals surface area (Å²) < 4.78 is 76.8. The molecule has 8 N–H and O–H groups in total. The summed E-state index contributed by atoms with van der Waals surface area (Å²) in [4.78, 5) is 42.7. The number of carboxylic acid groups (broad SMARTS) is 2. The van der Waals surface area contributed by atoms with Gasteiger partial charge in [-0.2, -0.15) is 26.3 Å². The molecule has 46 heavy (non-hydrogen) atoms. The van der Waals surface area contributed by atoms with Gasteiger partial charge in [0, 0.05) is 12.1 Å². The molecule has 0 spiro atoms. The molecule has 19 heteroatoms. The first-order valence-electron chi connectivity index (χ1n) is 12.9. The van der Waals surface area contributed by atoms with Gasteiger partial charge in [0.1, 0.15) is 17.7 Å². The largest absolute Gasteiger partial charge is 0.490 e. The van der Waals surface area contributed by atoms with Crippen LogP contribution in [0.15, 0.2) is 42.5 Å². The van der Waals surface area contributed by atoms with Crippen molar-refractivity contribution in [3.8, 4) is 0 Å². The quantitative estimate of drug-likeness (QED) is 0.125. The van der Waals surface area contributed by atoms with E-state index < -0.39 is 36.2 Å². The second-order valence-corrected chi connectivity index (χ2v) is 10.1. The molecule has 2 aromatic carbocycles. The van der Waals surface area contributed by atoms with Crippen molar-refractivity contribution >= 4 is 41.2 Å². The van der Waals surface area contributed by atoms with Crippen molar-refractivity contribution in [2.24, 2.45) is 11.7 Å². The van der Waals surface area contributed by atoms with Crippen LogP contribution in [0.2, 0.25) is 5.02 Å². The molecule has 1 aliphatic heterocycles. The van der Waals surface area contributed by atoms with Gasteiger partial charge in [0.15, 0.2) is 0 Å². The predicted molar refractivity (Wildman–Crippen MR) is 149 cm³/mol. The molecule has 11 nitrogen and oxygen atoms in total. The van der Waals surface area contributed by atoms with E-state index in [9.17, 15) is 40.3 Å². The van der Waals surface area contributed by atoms with Crippen molar-refractivity contribution in [1.29, 1.82) is 5.41 Å². The van der Waals surface area contributed by atoms with Crippen LogP contribution in [0, 0.1) is 17.1 Å². The molecule has 2 aromatic rings. The van der Waals surface area contributed by atoms with Crippen molar-refractivity contribution in [2.75, 3.05) is 6.54 Å². The highest BCUT2D eigenvalue weighted by Gasteiger charge is 2.39. The smallest absolute Gasteiger partial charge is 0.475 e. The molecule has 3 atom stereocenters. The van der Waals surface area contributed by atoms with E-state index in [1.54, 1.807) is 43.3 Å². The van der Waals surface area contributed by atoms with Gasteiger partial charge in [0.25, 0.3) is 0 Å². The Morgan fingerprint density at radius 1 is 1.00 bits per heavy atom. The number of aliphatic carboxylic acids is 2. The SMILES string of the molecule is C[C@H](NC(=O)[C@H]1C[C@H](Cc2ccc(F)c(Cl)c2)CN1)C(=O)NCc1ccc(C(=N)N)cc1.O=C(O)C(F)(F)F.O=C(O)C(F)(F)F. The molecule has 0 aliphatic carbocycles. The number of hydrogen-bond donors (Lipinski definition) is 7. The number of benzene rings is 2. The van der Waals surface area contributed by atoms with Crippen LogP contribution in [0.25, 0.3) is 0 Å². The van der Waals surface area contributed by atoms with Gasteiger partial charge in [-0.15, -0.1) is 0 Å². The van der Waals surface area contributed by atoms with E-state index in [-0.39, 0.29) is 34.6 Å². The van der Waals surface area contributed by atoms with Gasteiger partial charge >= 0.3 is 24.3 Å². The average molecular weight is 688 g/mol. The van der Waals surface area contributed by atoms with Crippen LogP contribution in [0.1, 0.15) is 30.0 Å². The molecule has 1 fully saturated rings. The monoisotopic (exact) mass is 687 g/mol. The highest BCUT2D eigenvalue weighted by Crippen LogP contribution is 2.23. The fourth-order valence-electron chi connectivity index (χ4n) is 3.69. The number of carbonyl (C=O) groups excluding carboxylic acids is 2. The number of carbonyl (C=O) groups is 4. The van der Waals surface area contributed by atoms with Crippen molar-refractivity contribution < 1.29 is 60.1 Å². The third-order valence-corrected chi connectivity index (χ3v) is 6.31.